The first-order valence-corrected chi connectivity index (χ1v) is 7.60. The van der Waals surface area contributed by atoms with Crippen LogP contribution in [0.2, 0.25) is 0 Å². The van der Waals surface area contributed by atoms with Gasteiger partial charge in [0.1, 0.15) is 0 Å². The maximum Gasteiger partial charge on any atom is 0.207 e. The van der Waals surface area contributed by atoms with E-state index in [1.165, 1.54) is 31.4 Å². The topological polar surface area (TPSA) is 29.9 Å². The van der Waals surface area contributed by atoms with Gasteiger partial charge in [0, 0.05) is 17.9 Å². The summed E-state index contributed by atoms with van der Waals surface area (Å²) in [5.74, 6) is 1.80. The third-order valence-corrected chi connectivity index (χ3v) is 4.13. The van der Waals surface area contributed by atoms with E-state index < -0.39 is 0 Å². The van der Waals surface area contributed by atoms with Gasteiger partial charge in [0.25, 0.3) is 0 Å². The van der Waals surface area contributed by atoms with Crippen LogP contribution in [0.5, 0.6) is 0 Å². The van der Waals surface area contributed by atoms with Gasteiger partial charge < -0.3 is 5.32 Å². The van der Waals surface area contributed by atoms with Gasteiger partial charge in [0.2, 0.25) is 5.95 Å². The molecule has 106 valence electrons. The zero-order chi connectivity index (χ0) is 13.9. The second kappa shape index (κ2) is 5.70. The average Bonchev–Trinajstić information content (AvgIpc) is 2.80. The van der Waals surface area contributed by atoms with Gasteiger partial charge in [-0.2, -0.15) is 0 Å². The van der Waals surface area contributed by atoms with Crippen LogP contribution in [-0.4, -0.2) is 15.6 Å². The standard InChI is InChI=1S/C17H23N3/c1-13-7-6-8-15(11-13)19-17-18-14(2)12-20(17)16-9-4-3-5-10-16/h3-5,9-10,12-13,15H,6-8,11H2,1-2H3,(H,18,19). The normalized spacial score (nSPS) is 22.7. The molecule has 0 radical (unpaired) electrons. The molecule has 20 heavy (non-hydrogen) atoms. The molecule has 3 heteroatoms. The summed E-state index contributed by atoms with van der Waals surface area (Å²) in [5, 5.41) is 3.65. The van der Waals surface area contributed by atoms with E-state index in [1.807, 2.05) is 13.0 Å². The predicted octanol–water partition coefficient (Wildman–Crippen LogP) is 4.17. The van der Waals surface area contributed by atoms with Gasteiger partial charge in [-0.25, -0.2) is 4.98 Å². The summed E-state index contributed by atoms with van der Waals surface area (Å²) >= 11 is 0. The van der Waals surface area contributed by atoms with Crippen LogP contribution in [0, 0.1) is 12.8 Å². The second-order valence-electron chi connectivity index (χ2n) is 6.02. The van der Waals surface area contributed by atoms with E-state index in [0.717, 1.165) is 17.6 Å². The lowest BCUT2D eigenvalue weighted by molar-refractivity contribution is 0.357. The molecule has 3 rings (SSSR count). The van der Waals surface area contributed by atoms with E-state index in [9.17, 15) is 0 Å². The van der Waals surface area contributed by atoms with Crippen LogP contribution in [0.4, 0.5) is 5.95 Å². The smallest absolute Gasteiger partial charge is 0.207 e. The minimum absolute atomic E-state index is 0.558. The first kappa shape index (κ1) is 13.2. The summed E-state index contributed by atoms with van der Waals surface area (Å²) < 4.78 is 2.16. The second-order valence-corrected chi connectivity index (χ2v) is 6.02. The molecule has 3 nitrogen and oxygen atoms in total. The number of nitrogens with zero attached hydrogens (tertiary/aromatic N) is 2. The van der Waals surface area contributed by atoms with Crippen molar-refractivity contribution in [1.82, 2.24) is 9.55 Å². The summed E-state index contributed by atoms with van der Waals surface area (Å²) in [7, 11) is 0. The third-order valence-electron chi connectivity index (χ3n) is 4.13. The SMILES string of the molecule is Cc1cn(-c2ccccc2)c(NC2CCCC(C)C2)n1. The number of anilines is 1. The van der Waals surface area contributed by atoms with E-state index in [-0.39, 0.29) is 0 Å². The fraction of sp³-hybridized carbons (Fsp3) is 0.471. The van der Waals surface area contributed by atoms with E-state index in [4.69, 9.17) is 0 Å². The highest BCUT2D eigenvalue weighted by Crippen LogP contribution is 2.27. The van der Waals surface area contributed by atoms with Crippen molar-refractivity contribution in [2.75, 3.05) is 5.32 Å². The first-order chi connectivity index (χ1) is 9.72. The summed E-state index contributed by atoms with van der Waals surface area (Å²) in [6.07, 6.45) is 7.30. The highest BCUT2D eigenvalue weighted by molar-refractivity contribution is 5.43. The number of benzene rings is 1. The quantitative estimate of drug-likeness (QED) is 0.906. The summed E-state index contributed by atoms with van der Waals surface area (Å²) in [5.41, 5.74) is 2.22. The van der Waals surface area contributed by atoms with E-state index >= 15 is 0 Å². The lowest BCUT2D eigenvalue weighted by Crippen LogP contribution is -2.27. The fourth-order valence-corrected chi connectivity index (χ4v) is 3.13. The van der Waals surface area contributed by atoms with Crippen LogP contribution >= 0.6 is 0 Å². The molecule has 1 saturated carbocycles. The lowest BCUT2D eigenvalue weighted by Gasteiger charge is -2.28. The number of para-hydroxylation sites is 1. The maximum atomic E-state index is 4.66. The Morgan fingerprint density at radius 2 is 2.00 bits per heavy atom. The van der Waals surface area contributed by atoms with E-state index in [0.29, 0.717) is 6.04 Å². The molecule has 1 aliphatic rings. The number of hydrogen-bond acceptors (Lipinski definition) is 2. The van der Waals surface area contributed by atoms with E-state index in [2.05, 4.69) is 52.3 Å². The van der Waals surface area contributed by atoms with E-state index in [1.54, 1.807) is 0 Å². The number of hydrogen-bond donors (Lipinski definition) is 1. The van der Waals surface area contributed by atoms with Gasteiger partial charge in [0.05, 0.1) is 5.69 Å². The van der Waals surface area contributed by atoms with Gasteiger partial charge in [-0.3, -0.25) is 4.57 Å². The van der Waals surface area contributed by atoms with Gasteiger partial charge in [-0.05, 0) is 37.8 Å². The summed E-state index contributed by atoms with van der Waals surface area (Å²) in [4.78, 5) is 4.66. The number of rotatable bonds is 3. The van der Waals surface area contributed by atoms with Crippen molar-refractivity contribution in [2.45, 2.75) is 45.6 Å². The molecule has 2 unspecified atom stereocenters. The van der Waals surface area contributed by atoms with Gasteiger partial charge in [0.15, 0.2) is 0 Å². The van der Waals surface area contributed by atoms with Crippen molar-refractivity contribution < 1.29 is 0 Å². The Kier molecular flexibility index (Phi) is 3.77. The zero-order valence-electron chi connectivity index (χ0n) is 12.3. The molecule has 0 saturated heterocycles. The average molecular weight is 269 g/mol. The Labute approximate surface area is 121 Å². The molecule has 0 spiro atoms. The summed E-state index contributed by atoms with van der Waals surface area (Å²) in [6, 6.07) is 11.0. The van der Waals surface area contributed by atoms with Gasteiger partial charge >= 0.3 is 0 Å². The fourth-order valence-electron chi connectivity index (χ4n) is 3.13. The number of aryl methyl sites for hydroxylation is 1. The van der Waals surface area contributed by atoms with Crippen LogP contribution < -0.4 is 5.32 Å². The monoisotopic (exact) mass is 269 g/mol. The zero-order valence-corrected chi connectivity index (χ0v) is 12.3. The maximum absolute atomic E-state index is 4.66. The third kappa shape index (κ3) is 2.87. The van der Waals surface area contributed by atoms with Gasteiger partial charge in [-0.15, -0.1) is 0 Å². The Hall–Kier alpha value is -1.77. The molecule has 2 atom stereocenters. The molecule has 0 aliphatic heterocycles. The molecule has 2 aromatic rings. The predicted molar refractivity (Wildman–Crippen MR) is 83.3 cm³/mol. The minimum Gasteiger partial charge on any atom is -0.353 e. The molecular weight excluding hydrogens is 246 g/mol. The van der Waals surface area contributed by atoms with Crippen molar-refractivity contribution in [1.29, 1.82) is 0 Å². The van der Waals surface area contributed by atoms with Crippen molar-refractivity contribution in [3.63, 3.8) is 0 Å². The van der Waals surface area contributed by atoms with Crippen molar-refractivity contribution >= 4 is 5.95 Å². The molecule has 1 aromatic carbocycles. The minimum atomic E-state index is 0.558. The number of nitrogens with one attached hydrogen (secondary N) is 1. The molecule has 0 amide bonds. The Morgan fingerprint density at radius 1 is 1.20 bits per heavy atom. The molecule has 0 bridgehead atoms. The van der Waals surface area contributed by atoms with Gasteiger partial charge in [-0.1, -0.05) is 38.0 Å². The Balaban J connectivity index is 1.83. The van der Waals surface area contributed by atoms with Crippen LogP contribution in [0.15, 0.2) is 36.5 Å². The molecule has 1 heterocycles. The highest BCUT2D eigenvalue weighted by atomic mass is 15.2. The molecule has 1 fully saturated rings. The van der Waals surface area contributed by atoms with Crippen molar-refractivity contribution in [3.05, 3.63) is 42.2 Å². The Bertz CT molecular complexity index is 559. The number of imidazole rings is 1. The van der Waals surface area contributed by atoms with Crippen molar-refractivity contribution in [2.24, 2.45) is 5.92 Å². The molecule has 1 aromatic heterocycles. The first-order valence-electron chi connectivity index (χ1n) is 7.60. The largest absolute Gasteiger partial charge is 0.353 e. The van der Waals surface area contributed by atoms with Crippen LogP contribution in [0.3, 0.4) is 0 Å². The Morgan fingerprint density at radius 3 is 2.75 bits per heavy atom. The lowest BCUT2D eigenvalue weighted by atomic mass is 9.87. The molecule has 1 aliphatic carbocycles. The highest BCUT2D eigenvalue weighted by Gasteiger charge is 2.20. The number of aromatic nitrogens is 2. The van der Waals surface area contributed by atoms with Crippen LogP contribution in [0.1, 0.15) is 38.3 Å². The molecule has 1 N–H and O–H groups in total. The van der Waals surface area contributed by atoms with Crippen LogP contribution in [-0.2, 0) is 0 Å². The summed E-state index contributed by atoms with van der Waals surface area (Å²) in [6.45, 7) is 4.40. The van der Waals surface area contributed by atoms with Crippen molar-refractivity contribution in [3.8, 4) is 5.69 Å². The molecular formula is C17H23N3. The van der Waals surface area contributed by atoms with Crippen LogP contribution in [0.25, 0.3) is 5.69 Å².